The summed E-state index contributed by atoms with van der Waals surface area (Å²) < 4.78 is 5.74. The molecule has 5 nitrogen and oxygen atoms in total. The molecule has 0 radical (unpaired) electrons. The topological polar surface area (TPSA) is 59.2 Å². The van der Waals surface area contributed by atoms with Crippen LogP contribution in [0.15, 0.2) is 70.3 Å². The van der Waals surface area contributed by atoms with Crippen molar-refractivity contribution in [2.75, 3.05) is 0 Å². The van der Waals surface area contributed by atoms with E-state index in [1.54, 1.807) is 0 Å². The highest BCUT2D eigenvalue weighted by atomic mass is 32.2. The minimum absolute atomic E-state index is 0.0424. The van der Waals surface area contributed by atoms with Gasteiger partial charge in [0.1, 0.15) is 0 Å². The van der Waals surface area contributed by atoms with Crippen molar-refractivity contribution in [3.05, 3.63) is 66.2 Å². The summed E-state index contributed by atoms with van der Waals surface area (Å²) in [4.78, 5) is 15.1. The predicted octanol–water partition coefficient (Wildman–Crippen LogP) is 5.04. The van der Waals surface area contributed by atoms with Crippen LogP contribution < -0.4 is 0 Å². The van der Waals surface area contributed by atoms with Crippen LogP contribution in [-0.4, -0.2) is 31.8 Å². The zero-order valence-corrected chi connectivity index (χ0v) is 17.4. The zero-order valence-electron chi connectivity index (χ0n) is 16.6. The van der Waals surface area contributed by atoms with Crippen molar-refractivity contribution in [1.29, 1.82) is 0 Å². The van der Waals surface area contributed by atoms with Crippen LogP contribution in [0.3, 0.4) is 0 Å². The Balaban J connectivity index is 1.72. The van der Waals surface area contributed by atoms with Crippen molar-refractivity contribution in [2.45, 2.75) is 50.3 Å². The Bertz CT molecular complexity index is 904. The Morgan fingerprint density at radius 2 is 1.64 bits per heavy atom. The fraction of sp³-hybridized carbons (Fsp3) is 0.318. The fourth-order valence-corrected chi connectivity index (χ4v) is 3.53. The average molecular weight is 396 g/mol. The highest BCUT2D eigenvalue weighted by Crippen LogP contribution is 2.29. The smallest absolute Gasteiger partial charge is 0.277 e. The molecular weight excluding hydrogens is 370 g/mol. The summed E-state index contributed by atoms with van der Waals surface area (Å²) in [6, 6.07) is 19.6. The second kappa shape index (κ2) is 8.61. The Hall–Kier alpha value is -2.60. The quantitative estimate of drug-likeness (QED) is 0.547. The first-order valence-electron chi connectivity index (χ1n) is 9.25. The second-order valence-electron chi connectivity index (χ2n) is 7.58. The summed E-state index contributed by atoms with van der Waals surface area (Å²) in [5.74, 6) is 0.500. The predicted molar refractivity (Wildman–Crippen MR) is 112 cm³/mol. The minimum Gasteiger partial charge on any atom is -0.411 e. The van der Waals surface area contributed by atoms with Crippen LogP contribution in [0.5, 0.6) is 0 Å². The standard InChI is InChI=1S/C22H25N3O2S/c1-16(28-21-24-23-19(27-21)18-13-9-6-10-14-18)20(26)25(22(2,3)4)15-17-11-7-5-8-12-17/h5-14,16H,15H2,1-4H3/t16-/m0/s1. The van der Waals surface area contributed by atoms with Crippen LogP contribution in [0.4, 0.5) is 0 Å². The van der Waals surface area contributed by atoms with Crippen LogP contribution in [0.25, 0.3) is 11.5 Å². The van der Waals surface area contributed by atoms with E-state index < -0.39 is 0 Å². The molecule has 0 saturated heterocycles. The maximum Gasteiger partial charge on any atom is 0.277 e. The van der Waals surface area contributed by atoms with Gasteiger partial charge < -0.3 is 9.32 Å². The third-order valence-corrected chi connectivity index (χ3v) is 5.23. The second-order valence-corrected chi connectivity index (χ2v) is 8.87. The molecule has 0 aliphatic carbocycles. The summed E-state index contributed by atoms with van der Waals surface area (Å²) in [6.07, 6.45) is 0. The van der Waals surface area contributed by atoms with Crippen LogP contribution >= 0.6 is 11.8 Å². The lowest BCUT2D eigenvalue weighted by atomic mass is 10.0. The molecular formula is C22H25N3O2S. The van der Waals surface area contributed by atoms with Gasteiger partial charge in [0.15, 0.2) is 0 Å². The van der Waals surface area contributed by atoms with E-state index >= 15 is 0 Å². The summed E-state index contributed by atoms with van der Waals surface area (Å²) in [7, 11) is 0. The number of benzene rings is 2. The minimum atomic E-state index is -0.341. The van der Waals surface area contributed by atoms with Crippen molar-refractivity contribution in [1.82, 2.24) is 15.1 Å². The first-order valence-corrected chi connectivity index (χ1v) is 10.1. The molecule has 0 saturated carbocycles. The van der Waals surface area contributed by atoms with Gasteiger partial charge in [-0.15, -0.1) is 10.2 Å². The molecule has 1 atom stereocenters. The van der Waals surface area contributed by atoms with Crippen LogP contribution in [0.1, 0.15) is 33.3 Å². The zero-order chi connectivity index (χ0) is 20.1. The van der Waals surface area contributed by atoms with Crippen molar-refractivity contribution in [3.8, 4) is 11.5 Å². The normalized spacial score (nSPS) is 12.6. The molecule has 1 aromatic heterocycles. The highest BCUT2D eigenvalue weighted by molar-refractivity contribution is 8.00. The van der Waals surface area contributed by atoms with Crippen molar-refractivity contribution in [2.24, 2.45) is 0 Å². The Kier molecular flexibility index (Phi) is 6.19. The van der Waals surface area contributed by atoms with E-state index in [1.807, 2.05) is 93.3 Å². The Morgan fingerprint density at radius 3 is 2.25 bits per heavy atom. The first kappa shape index (κ1) is 20.1. The monoisotopic (exact) mass is 395 g/mol. The number of hydrogen-bond acceptors (Lipinski definition) is 5. The number of rotatable bonds is 6. The van der Waals surface area contributed by atoms with Gasteiger partial charge in [-0.3, -0.25) is 4.79 Å². The Labute approximate surface area is 170 Å². The van der Waals surface area contributed by atoms with Gasteiger partial charge in [0.05, 0.1) is 5.25 Å². The van der Waals surface area contributed by atoms with E-state index in [4.69, 9.17) is 4.42 Å². The van der Waals surface area contributed by atoms with Gasteiger partial charge in [0.25, 0.3) is 5.22 Å². The number of thioether (sulfide) groups is 1. The number of aromatic nitrogens is 2. The third kappa shape index (κ3) is 5.01. The molecule has 2 aromatic carbocycles. The fourth-order valence-electron chi connectivity index (χ4n) is 2.79. The molecule has 0 unspecified atom stereocenters. The van der Waals surface area contributed by atoms with E-state index in [1.165, 1.54) is 11.8 Å². The van der Waals surface area contributed by atoms with Gasteiger partial charge in [-0.25, -0.2) is 0 Å². The van der Waals surface area contributed by atoms with Crippen LogP contribution in [0, 0.1) is 0 Å². The van der Waals surface area contributed by atoms with Crippen molar-refractivity contribution >= 4 is 17.7 Å². The van der Waals surface area contributed by atoms with Gasteiger partial charge in [0.2, 0.25) is 11.8 Å². The molecule has 0 N–H and O–H groups in total. The highest BCUT2D eigenvalue weighted by Gasteiger charge is 2.31. The summed E-state index contributed by atoms with van der Waals surface area (Å²) in [6.45, 7) is 8.58. The molecule has 3 rings (SSSR count). The maximum absolute atomic E-state index is 13.2. The molecule has 0 aliphatic rings. The lowest BCUT2D eigenvalue weighted by molar-refractivity contribution is -0.135. The number of hydrogen-bond donors (Lipinski definition) is 0. The SMILES string of the molecule is C[C@H](Sc1nnc(-c2ccccc2)o1)C(=O)N(Cc1ccccc1)C(C)(C)C. The molecule has 146 valence electrons. The van der Waals surface area contributed by atoms with Gasteiger partial charge >= 0.3 is 0 Å². The third-order valence-electron chi connectivity index (χ3n) is 4.31. The van der Waals surface area contributed by atoms with Gasteiger partial charge in [-0.2, -0.15) is 0 Å². The summed E-state index contributed by atoms with van der Waals surface area (Å²) >= 11 is 1.29. The molecule has 3 aromatic rings. The number of nitrogens with zero attached hydrogens (tertiary/aromatic N) is 3. The first-order chi connectivity index (χ1) is 13.3. The van der Waals surface area contributed by atoms with E-state index in [0.717, 1.165) is 11.1 Å². The molecule has 28 heavy (non-hydrogen) atoms. The molecule has 1 amide bonds. The summed E-state index contributed by atoms with van der Waals surface area (Å²) in [5.41, 5.74) is 1.67. The van der Waals surface area contributed by atoms with E-state index in [2.05, 4.69) is 10.2 Å². The lowest BCUT2D eigenvalue weighted by Crippen LogP contribution is -2.48. The van der Waals surface area contributed by atoms with Gasteiger partial charge in [-0.1, -0.05) is 60.3 Å². The molecule has 1 heterocycles. The van der Waals surface area contributed by atoms with Crippen LogP contribution in [0.2, 0.25) is 0 Å². The van der Waals surface area contributed by atoms with Crippen molar-refractivity contribution in [3.63, 3.8) is 0 Å². The molecule has 0 bridgehead atoms. The average Bonchev–Trinajstić information content (AvgIpc) is 3.14. The van der Waals surface area contributed by atoms with E-state index in [0.29, 0.717) is 17.7 Å². The maximum atomic E-state index is 13.2. The Morgan fingerprint density at radius 1 is 1.04 bits per heavy atom. The molecule has 6 heteroatoms. The lowest BCUT2D eigenvalue weighted by Gasteiger charge is -2.37. The number of carbonyl (C=O) groups is 1. The summed E-state index contributed by atoms with van der Waals surface area (Å²) in [5, 5.41) is 8.25. The van der Waals surface area contributed by atoms with Gasteiger partial charge in [0, 0.05) is 17.6 Å². The van der Waals surface area contributed by atoms with Crippen molar-refractivity contribution < 1.29 is 9.21 Å². The van der Waals surface area contributed by atoms with E-state index in [9.17, 15) is 4.79 Å². The molecule has 0 aliphatic heterocycles. The molecule has 0 fully saturated rings. The number of carbonyl (C=O) groups excluding carboxylic acids is 1. The number of amides is 1. The molecule has 0 spiro atoms. The van der Waals surface area contributed by atoms with Crippen LogP contribution in [-0.2, 0) is 11.3 Å². The largest absolute Gasteiger partial charge is 0.411 e. The van der Waals surface area contributed by atoms with E-state index in [-0.39, 0.29) is 16.7 Å². The van der Waals surface area contributed by atoms with Gasteiger partial charge in [-0.05, 0) is 45.4 Å².